The number of nitrogens with zero attached hydrogens (tertiary/aromatic N) is 4. The summed E-state index contributed by atoms with van der Waals surface area (Å²) < 4.78 is 0.852. The Labute approximate surface area is 156 Å². The van der Waals surface area contributed by atoms with Gasteiger partial charge in [0.2, 0.25) is 5.13 Å². The van der Waals surface area contributed by atoms with E-state index in [0.29, 0.717) is 11.1 Å². The second-order valence-electron chi connectivity index (χ2n) is 5.39. The van der Waals surface area contributed by atoms with E-state index in [1.165, 1.54) is 28.0 Å². The van der Waals surface area contributed by atoms with Gasteiger partial charge in [-0.1, -0.05) is 29.0 Å². The number of aromatic nitrogens is 4. The van der Waals surface area contributed by atoms with Gasteiger partial charge in [-0.05, 0) is 42.5 Å². The molecule has 3 aromatic rings. The Hall–Kier alpha value is -1.22. The molecule has 5 nitrogen and oxygen atoms in total. The first-order chi connectivity index (χ1) is 11.8. The fourth-order valence-corrected chi connectivity index (χ4v) is 4.85. The molecule has 1 aliphatic carbocycles. The van der Waals surface area contributed by atoms with E-state index < -0.39 is 0 Å². The molecule has 124 valence electrons. The van der Waals surface area contributed by atoms with Gasteiger partial charge in [0.1, 0.15) is 16.0 Å². The van der Waals surface area contributed by atoms with Gasteiger partial charge in [-0.3, -0.25) is 0 Å². The van der Waals surface area contributed by atoms with Crippen molar-refractivity contribution in [1.82, 2.24) is 20.2 Å². The van der Waals surface area contributed by atoms with Crippen LogP contribution >= 0.6 is 46.0 Å². The molecule has 3 heterocycles. The summed E-state index contributed by atoms with van der Waals surface area (Å²) in [5.74, 6) is 1.33. The van der Waals surface area contributed by atoms with E-state index in [0.717, 1.165) is 46.1 Å². The molecule has 24 heavy (non-hydrogen) atoms. The number of hydrogen-bond donors (Lipinski definition) is 1. The minimum absolute atomic E-state index is 0.479. The lowest BCUT2D eigenvalue weighted by molar-refractivity contribution is 0.877. The van der Waals surface area contributed by atoms with Gasteiger partial charge in [-0.25, -0.2) is 9.97 Å². The van der Waals surface area contributed by atoms with Crippen LogP contribution in [0.25, 0.3) is 0 Å². The molecule has 1 N–H and O–H groups in total. The molecule has 3 aromatic heterocycles. The van der Waals surface area contributed by atoms with Crippen LogP contribution in [0, 0.1) is 0 Å². The first kappa shape index (κ1) is 16.3. The molecule has 0 aliphatic heterocycles. The second-order valence-corrected chi connectivity index (χ2v) is 9.06. The smallest absolute Gasteiger partial charge is 0.206 e. The largest absolute Gasteiger partial charge is 0.360 e. The molecule has 1 saturated carbocycles. The predicted molar refractivity (Wildman–Crippen MR) is 99.6 cm³/mol. The summed E-state index contributed by atoms with van der Waals surface area (Å²) in [6.45, 7) is 0.852. The van der Waals surface area contributed by atoms with Crippen molar-refractivity contribution in [3.05, 3.63) is 39.4 Å². The van der Waals surface area contributed by atoms with Crippen LogP contribution in [0.15, 0.2) is 32.9 Å². The molecule has 1 fully saturated rings. The number of halogens is 1. The number of hydrogen-bond acceptors (Lipinski definition) is 8. The highest BCUT2D eigenvalue weighted by atomic mass is 35.5. The molecule has 0 unspecified atom stereocenters. The molecular formula is C15H14ClN5S3. The molecular weight excluding hydrogens is 382 g/mol. The van der Waals surface area contributed by atoms with Crippen molar-refractivity contribution in [3.63, 3.8) is 0 Å². The Balaban J connectivity index is 1.36. The second kappa shape index (κ2) is 7.35. The van der Waals surface area contributed by atoms with Gasteiger partial charge in [-0.2, -0.15) is 0 Å². The third-order valence-electron chi connectivity index (χ3n) is 3.46. The van der Waals surface area contributed by atoms with Gasteiger partial charge < -0.3 is 5.32 Å². The number of rotatable bonds is 7. The lowest BCUT2D eigenvalue weighted by atomic mass is 10.3. The Morgan fingerprint density at radius 1 is 1.29 bits per heavy atom. The summed E-state index contributed by atoms with van der Waals surface area (Å²) in [6, 6.07) is 6.00. The van der Waals surface area contributed by atoms with E-state index >= 15 is 0 Å². The van der Waals surface area contributed by atoms with Crippen molar-refractivity contribution in [2.45, 2.75) is 34.5 Å². The molecule has 0 bridgehead atoms. The van der Waals surface area contributed by atoms with Crippen molar-refractivity contribution in [1.29, 1.82) is 0 Å². The maximum atomic E-state index is 6.10. The minimum Gasteiger partial charge on any atom is -0.360 e. The summed E-state index contributed by atoms with van der Waals surface area (Å²) in [4.78, 5) is 10.3. The van der Waals surface area contributed by atoms with Gasteiger partial charge in [-0.15, -0.1) is 21.5 Å². The SMILES string of the molecule is Clc1cc(Sc2nnc(NCCc3cccs3)s2)nc(C2CC2)n1. The van der Waals surface area contributed by atoms with E-state index in [4.69, 9.17) is 11.6 Å². The molecule has 0 spiro atoms. The molecule has 0 aromatic carbocycles. The van der Waals surface area contributed by atoms with E-state index in [2.05, 4.69) is 43.0 Å². The van der Waals surface area contributed by atoms with Crippen molar-refractivity contribution in [2.24, 2.45) is 0 Å². The molecule has 0 radical (unpaired) electrons. The van der Waals surface area contributed by atoms with Crippen molar-refractivity contribution in [3.8, 4) is 0 Å². The van der Waals surface area contributed by atoms with Crippen LogP contribution in [0.1, 0.15) is 29.5 Å². The molecule has 0 atom stereocenters. The summed E-state index contributed by atoms with van der Waals surface area (Å²) in [6.07, 6.45) is 3.30. The Kier molecular flexibility index (Phi) is 4.98. The van der Waals surface area contributed by atoms with E-state index in [-0.39, 0.29) is 0 Å². The maximum Gasteiger partial charge on any atom is 0.206 e. The van der Waals surface area contributed by atoms with Crippen molar-refractivity contribution >= 4 is 51.2 Å². The van der Waals surface area contributed by atoms with Gasteiger partial charge in [0, 0.05) is 23.4 Å². The molecule has 4 rings (SSSR count). The predicted octanol–water partition coefficient (Wildman–Crippen LogP) is 4.73. The van der Waals surface area contributed by atoms with Crippen molar-refractivity contribution < 1.29 is 0 Å². The van der Waals surface area contributed by atoms with Crippen LogP contribution < -0.4 is 5.32 Å². The first-order valence-corrected chi connectivity index (χ1v) is 10.5. The zero-order chi connectivity index (χ0) is 16.4. The topological polar surface area (TPSA) is 63.6 Å². The third-order valence-corrected chi connectivity index (χ3v) is 6.44. The fourth-order valence-electron chi connectivity index (χ4n) is 2.15. The zero-order valence-electron chi connectivity index (χ0n) is 12.6. The summed E-state index contributed by atoms with van der Waals surface area (Å²) in [5.41, 5.74) is 0. The maximum absolute atomic E-state index is 6.10. The monoisotopic (exact) mass is 395 g/mol. The highest BCUT2D eigenvalue weighted by molar-refractivity contribution is 8.01. The fraction of sp³-hybridized carbons (Fsp3) is 0.333. The van der Waals surface area contributed by atoms with Crippen LogP contribution in [0.4, 0.5) is 5.13 Å². The Morgan fingerprint density at radius 2 is 2.21 bits per heavy atom. The first-order valence-electron chi connectivity index (χ1n) is 7.58. The van der Waals surface area contributed by atoms with E-state index in [9.17, 15) is 0 Å². The Morgan fingerprint density at radius 3 is 3.00 bits per heavy atom. The summed E-state index contributed by atoms with van der Waals surface area (Å²) in [7, 11) is 0. The van der Waals surface area contributed by atoms with Gasteiger partial charge in [0.15, 0.2) is 4.34 Å². The van der Waals surface area contributed by atoms with Crippen LogP contribution in [0.5, 0.6) is 0 Å². The standard InChI is InChI=1S/C15H14ClN5S3/c16-11-8-12(19-13(18-11)9-3-4-9)23-15-21-20-14(24-15)17-6-5-10-2-1-7-22-10/h1-2,7-9H,3-6H2,(H,17,20). The lowest BCUT2D eigenvalue weighted by Gasteiger charge is -2.01. The Bertz CT molecular complexity index is 816. The average molecular weight is 396 g/mol. The van der Waals surface area contributed by atoms with E-state index in [1.807, 2.05) is 0 Å². The lowest BCUT2D eigenvalue weighted by Crippen LogP contribution is -2.03. The van der Waals surface area contributed by atoms with Gasteiger partial charge in [0.05, 0.1) is 0 Å². The molecule has 9 heteroatoms. The minimum atomic E-state index is 0.479. The number of thiophene rings is 1. The normalized spacial score (nSPS) is 14.0. The van der Waals surface area contributed by atoms with Gasteiger partial charge in [0.25, 0.3) is 0 Å². The van der Waals surface area contributed by atoms with E-state index in [1.54, 1.807) is 17.4 Å². The molecule has 0 saturated heterocycles. The summed E-state index contributed by atoms with van der Waals surface area (Å²) >= 11 is 10.9. The highest BCUT2D eigenvalue weighted by Gasteiger charge is 2.27. The molecule has 1 aliphatic rings. The van der Waals surface area contributed by atoms with Crippen LogP contribution in [0.2, 0.25) is 5.15 Å². The van der Waals surface area contributed by atoms with Crippen LogP contribution in [-0.4, -0.2) is 26.7 Å². The van der Waals surface area contributed by atoms with Crippen LogP contribution in [0.3, 0.4) is 0 Å². The third kappa shape index (κ3) is 4.24. The van der Waals surface area contributed by atoms with Gasteiger partial charge >= 0.3 is 0 Å². The zero-order valence-corrected chi connectivity index (χ0v) is 15.8. The van der Waals surface area contributed by atoms with Crippen molar-refractivity contribution in [2.75, 3.05) is 11.9 Å². The summed E-state index contributed by atoms with van der Waals surface area (Å²) in [5, 5.41) is 16.0. The highest BCUT2D eigenvalue weighted by Crippen LogP contribution is 2.40. The number of anilines is 1. The number of nitrogens with one attached hydrogen (secondary N) is 1. The quantitative estimate of drug-likeness (QED) is 0.583. The average Bonchev–Trinajstić information content (AvgIpc) is 3.11. The molecule has 0 amide bonds. The van der Waals surface area contributed by atoms with Crippen LogP contribution in [-0.2, 0) is 6.42 Å².